The summed E-state index contributed by atoms with van der Waals surface area (Å²) < 4.78 is 1.69. The van der Waals surface area contributed by atoms with Gasteiger partial charge in [0.15, 0.2) is 0 Å². The third-order valence-electron chi connectivity index (χ3n) is 4.64. The molecule has 2 amide bonds. The van der Waals surface area contributed by atoms with Crippen molar-refractivity contribution in [1.29, 1.82) is 0 Å². The highest BCUT2D eigenvalue weighted by Crippen LogP contribution is 2.39. The van der Waals surface area contributed by atoms with Gasteiger partial charge in [0.25, 0.3) is 0 Å². The molecule has 1 aliphatic carbocycles. The summed E-state index contributed by atoms with van der Waals surface area (Å²) in [7, 11) is 1.84. The molecule has 1 saturated carbocycles. The highest BCUT2D eigenvalue weighted by Gasteiger charge is 2.42. The predicted molar refractivity (Wildman–Crippen MR) is 73.9 cm³/mol. The second-order valence-electron chi connectivity index (χ2n) is 5.87. The maximum absolute atomic E-state index is 12.5. The lowest BCUT2D eigenvalue weighted by molar-refractivity contribution is 0.167. The zero-order valence-corrected chi connectivity index (χ0v) is 11.7. The normalized spacial score (nSPS) is 30.2. The van der Waals surface area contributed by atoms with Crippen molar-refractivity contribution in [3.8, 4) is 0 Å². The van der Waals surface area contributed by atoms with Gasteiger partial charge < -0.3 is 4.90 Å². The number of carbonyl (C=O) groups excluding carboxylic acids is 1. The summed E-state index contributed by atoms with van der Waals surface area (Å²) in [5, 5.41) is 7.06. The SMILES string of the molecule is C[C@@H]1C[C@@H]2CCCC[C@H]2N1C(=O)Nc1ccnn1C. The molecular formula is C14H22N4O. The molecule has 0 spiro atoms. The van der Waals surface area contributed by atoms with E-state index < -0.39 is 0 Å². The molecule has 2 fully saturated rings. The maximum atomic E-state index is 12.5. The van der Waals surface area contributed by atoms with Gasteiger partial charge in [-0.05, 0) is 32.1 Å². The van der Waals surface area contributed by atoms with Crippen LogP contribution < -0.4 is 5.32 Å². The zero-order chi connectivity index (χ0) is 13.4. The first-order valence-electron chi connectivity index (χ1n) is 7.24. The largest absolute Gasteiger partial charge is 0.323 e. The molecule has 104 valence electrons. The van der Waals surface area contributed by atoms with E-state index in [1.807, 2.05) is 13.1 Å². The van der Waals surface area contributed by atoms with Crippen LogP contribution in [0.25, 0.3) is 0 Å². The van der Waals surface area contributed by atoms with Gasteiger partial charge in [-0.3, -0.25) is 10.00 Å². The van der Waals surface area contributed by atoms with Gasteiger partial charge in [0, 0.05) is 25.2 Å². The van der Waals surface area contributed by atoms with Crippen molar-refractivity contribution in [2.45, 2.75) is 51.1 Å². The lowest BCUT2D eigenvalue weighted by Gasteiger charge is -2.33. The van der Waals surface area contributed by atoms with Crippen LogP contribution in [0.2, 0.25) is 0 Å². The topological polar surface area (TPSA) is 50.2 Å². The Morgan fingerprint density at radius 2 is 2.21 bits per heavy atom. The highest BCUT2D eigenvalue weighted by molar-refractivity contribution is 5.89. The number of rotatable bonds is 1. The van der Waals surface area contributed by atoms with Gasteiger partial charge in [0.2, 0.25) is 0 Å². The van der Waals surface area contributed by atoms with E-state index >= 15 is 0 Å². The molecule has 1 N–H and O–H groups in total. The third-order valence-corrected chi connectivity index (χ3v) is 4.64. The number of likely N-dealkylation sites (tertiary alicyclic amines) is 1. The van der Waals surface area contributed by atoms with Gasteiger partial charge in [-0.25, -0.2) is 4.79 Å². The molecule has 1 saturated heterocycles. The first-order valence-corrected chi connectivity index (χ1v) is 7.24. The van der Waals surface area contributed by atoms with Gasteiger partial charge in [0.05, 0.1) is 6.20 Å². The Labute approximate surface area is 114 Å². The van der Waals surface area contributed by atoms with Crippen LogP contribution >= 0.6 is 0 Å². The molecule has 0 unspecified atom stereocenters. The number of amides is 2. The van der Waals surface area contributed by atoms with E-state index in [9.17, 15) is 4.79 Å². The van der Waals surface area contributed by atoms with Crippen molar-refractivity contribution >= 4 is 11.8 Å². The van der Waals surface area contributed by atoms with E-state index in [0.717, 1.165) is 18.7 Å². The summed E-state index contributed by atoms with van der Waals surface area (Å²) in [5.41, 5.74) is 0. The molecule has 3 rings (SSSR count). The molecule has 2 aliphatic rings. The van der Waals surface area contributed by atoms with Crippen LogP contribution in [0.15, 0.2) is 12.3 Å². The zero-order valence-electron chi connectivity index (χ0n) is 11.7. The minimum Gasteiger partial charge on any atom is -0.319 e. The van der Waals surface area contributed by atoms with Crippen molar-refractivity contribution in [2.24, 2.45) is 13.0 Å². The average molecular weight is 262 g/mol. The van der Waals surface area contributed by atoms with E-state index in [-0.39, 0.29) is 6.03 Å². The van der Waals surface area contributed by atoms with Gasteiger partial charge in [-0.15, -0.1) is 0 Å². The Hall–Kier alpha value is -1.52. The molecule has 0 aromatic carbocycles. The van der Waals surface area contributed by atoms with Crippen molar-refractivity contribution in [2.75, 3.05) is 5.32 Å². The average Bonchev–Trinajstić information content (AvgIpc) is 2.92. The lowest BCUT2D eigenvalue weighted by Crippen LogP contribution is -2.44. The van der Waals surface area contributed by atoms with E-state index in [1.165, 1.54) is 19.3 Å². The number of aryl methyl sites for hydroxylation is 1. The highest BCUT2D eigenvalue weighted by atomic mass is 16.2. The molecule has 0 bridgehead atoms. The van der Waals surface area contributed by atoms with E-state index in [4.69, 9.17) is 0 Å². The van der Waals surface area contributed by atoms with Crippen LogP contribution in [0, 0.1) is 5.92 Å². The van der Waals surface area contributed by atoms with Crippen molar-refractivity contribution in [3.05, 3.63) is 12.3 Å². The van der Waals surface area contributed by atoms with Crippen LogP contribution in [-0.4, -0.2) is 32.8 Å². The second-order valence-corrected chi connectivity index (χ2v) is 5.87. The molecule has 0 radical (unpaired) electrons. The minimum atomic E-state index is 0.0329. The Morgan fingerprint density at radius 1 is 1.42 bits per heavy atom. The summed E-state index contributed by atoms with van der Waals surface area (Å²) in [5.74, 6) is 1.47. The van der Waals surface area contributed by atoms with Crippen LogP contribution in [-0.2, 0) is 7.05 Å². The van der Waals surface area contributed by atoms with Crippen LogP contribution in [0.3, 0.4) is 0 Å². The van der Waals surface area contributed by atoms with E-state index in [2.05, 4.69) is 22.2 Å². The smallest absolute Gasteiger partial charge is 0.319 e. The molecule has 2 heterocycles. The predicted octanol–water partition coefficient (Wildman–Crippen LogP) is 2.61. The van der Waals surface area contributed by atoms with Gasteiger partial charge in [0.1, 0.15) is 5.82 Å². The first kappa shape index (κ1) is 12.5. The number of nitrogens with zero attached hydrogens (tertiary/aromatic N) is 3. The fourth-order valence-corrected chi connectivity index (χ4v) is 3.73. The third kappa shape index (κ3) is 2.22. The molecule has 5 heteroatoms. The fraction of sp³-hybridized carbons (Fsp3) is 0.714. The summed E-state index contributed by atoms with van der Waals surface area (Å²) in [6, 6.07) is 2.65. The number of anilines is 1. The quantitative estimate of drug-likeness (QED) is 0.845. The Balaban J connectivity index is 1.73. The molecule has 3 atom stereocenters. The van der Waals surface area contributed by atoms with Crippen molar-refractivity contribution in [3.63, 3.8) is 0 Å². The number of carbonyl (C=O) groups is 1. The Kier molecular flexibility index (Phi) is 3.21. The second kappa shape index (κ2) is 4.87. The van der Waals surface area contributed by atoms with E-state index in [1.54, 1.807) is 10.9 Å². The van der Waals surface area contributed by atoms with Gasteiger partial charge >= 0.3 is 6.03 Å². The number of fused-ring (bicyclic) bond motifs is 1. The molecular weight excluding hydrogens is 240 g/mol. The summed E-state index contributed by atoms with van der Waals surface area (Å²) >= 11 is 0. The number of hydrogen-bond acceptors (Lipinski definition) is 2. The van der Waals surface area contributed by atoms with Gasteiger partial charge in [-0.2, -0.15) is 5.10 Å². The molecule has 5 nitrogen and oxygen atoms in total. The maximum Gasteiger partial charge on any atom is 0.323 e. The van der Waals surface area contributed by atoms with Gasteiger partial charge in [-0.1, -0.05) is 12.8 Å². The number of urea groups is 1. The fourth-order valence-electron chi connectivity index (χ4n) is 3.73. The summed E-state index contributed by atoms with van der Waals surface area (Å²) in [6.07, 6.45) is 7.88. The van der Waals surface area contributed by atoms with E-state index in [0.29, 0.717) is 18.0 Å². The van der Waals surface area contributed by atoms with Crippen LogP contribution in [0.4, 0.5) is 10.6 Å². The van der Waals surface area contributed by atoms with Crippen molar-refractivity contribution in [1.82, 2.24) is 14.7 Å². The number of hydrogen-bond donors (Lipinski definition) is 1. The Bertz CT molecular complexity index is 470. The monoisotopic (exact) mass is 262 g/mol. The number of nitrogens with one attached hydrogen (secondary N) is 1. The summed E-state index contributed by atoms with van der Waals surface area (Å²) in [4.78, 5) is 14.6. The van der Waals surface area contributed by atoms with Crippen LogP contribution in [0.1, 0.15) is 39.0 Å². The standard InChI is InChI=1S/C14H22N4O/c1-10-9-11-5-3-4-6-12(11)18(10)14(19)16-13-7-8-15-17(13)2/h7-8,10-12H,3-6,9H2,1-2H3,(H,16,19)/t10-,11+,12-/m1/s1. The van der Waals surface area contributed by atoms with Crippen LogP contribution in [0.5, 0.6) is 0 Å². The summed E-state index contributed by atoms with van der Waals surface area (Å²) in [6.45, 7) is 2.17. The minimum absolute atomic E-state index is 0.0329. The molecule has 1 aromatic rings. The first-order chi connectivity index (χ1) is 9.16. The number of aromatic nitrogens is 2. The molecule has 19 heavy (non-hydrogen) atoms. The lowest BCUT2D eigenvalue weighted by atomic mass is 9.85. The Morgan fingerprint density at radius 3 is 2.95 bits per heavy atom. The molecule has 1 aliphatic heterocycles. The molecule has 1 aromatic heterocycles. The van der Waals surface area contributed by atoms with Crippen molar-refractivity contribution < 1.29 is 4.79 Å².